The van der Waals surface area contributed by atoms with Gasteiger partial charge in [-0.2, -0.15) is 0 Å². The van der Waals surface area contributed by atoms with Gasteiger partial charge in [-0.15, -0.1) is 0 Å². The van der Waals surface area contributed by atoms with Gasteiger partial charge in [0.25, 0.3) is 0 Å². The molecule has 0 amide bonds. The molecule has 2 aromatic carbocycles. The first-order valence-electron chi connectivity index (χ1n) is 13.5. The number of carbonyl (C=O) groups is 1. The third-order valence-corrected chi connectivity index (χ3v) is 10.9. The van der Waals surface area contributed by atoms with Crippen molar-refractivity contribution >= 4 is 45.1 Å². The number of para-hydroxylation sites is 1. The second-order valence-electron chi connectivity index (χ2n) is 13.5. The number of aliphatic hydroxyl groups excluding tert-OH is 1. The third kappa shape index (κ3) is 8.12. The van der Waals surface area contributed by atoms with Gasteiger partial charge in [-0.25, -0.2) is 0 Å². The molecule has 0 saturated carbocycles. The number of ketones is 1. The average Bonchev–Trinajstić information content (AvgIpc) is 2.81. The Morgan fingerprint density at radius 2 is 1.55 bits per heavy atom. The number of pyridine rings is 2. The van der Waals surface area contributed by atoms with Crippen molar-refractivity contribution in [1.82, 2.24) is 9.97 Å². The molecule has 4 rings (SSSR count). The van der Waals surface area contributed by atoms with Crippen LogP contribution in [0.4, 0.5) is 0 Å². The van der Waals surface area contributed by atoms with Crippen LogP contribution in [0.5, 0.6) is 0 Å². The van der Waals surface area contributed by atoms with Gasteiger partial charge in [0, 0.05) is 37.0 Å². The van der Waals surface area contributed by atoms with Gasteiger partial charge in [0.2, 0.25) is 0 Å². The molecule has 4 nitrogen and oxygen atoms in total. The summed E-state index contributed by atoms with van der Waals surface area (Å²) in [6.07, 6.45) is 5.25. The topological polar surface area (TPSA) is 63.1 Å². The predicted molar refractivity (Wildman–Crippen MR) is 168 cm³/mol. The van der Waals surface area contributed by atoms with Gasteiger partial charge in [-0.05, 0) is 0 Å². The molecule has 4 aromatic rings. The van der Waals surface area contributed by atoms with Crippen LogP contribution in [0, 0.1) is 30.7 Å². The molecule has 215 valence electrons. The minimum absolute atomic E-state index is 0. The molecule has 0 aliphatic rings. The van der Waals surface area contributed by atoms with E-state index in [-0.39, 0.29) is 37.1 Å². The van der Waals surface area contributed by atoms with E-state index in [0.29, 0.717) is 0 Å². The fourth-order valence-electron chi connectivity index (χ4n) is 4.27. The van der Waals surface area contributed by atoms with Gasteiger partial charge < -0.3 is 5.11 Å². The van der Waals surface area contributed by atoms with Crippen LogP contribution in [0.3, 0.4) is 0 Å². The summed E-state index contributed by atoms with van der Waals surface area (Å²) >= 11 is -1.99. The van der Waals surface area contributed by atoms with E-state index < -0.39 is 18.7 Å². The van der Waals surface area contributed by atoms with Crippen molar-refractivity contribution in [3.8, 4) is 11.3 Å². The quantitative estimate of drug-likeness (QED) is 0.0746. The Morgan fingerprint density at radius 3 is 2.10 bits per heavy atom. The molecule has 0 saturated heterocycles. The number of carbonyl (C=O) groups excluding carboxylic acids is 1. The van der Waals surface area contributed by atoms with Crippen LogP contribution in [0.1, 0.15) is 52.7 Å². The number of hydrogen-bond donors (Lipinski definition) is 1. The molecule has 0 bridgehead atoms. The number of aryl methyl sites for hydroxylation is 2. The van der Waals surface area contributed by atoms with Crippen molar-refractivity contribution in [3.63, 3.8) is 0 Å². The zero-order chi connectivity index (χ0) is 29.3. The van der Waals surface area contributed by atoms with Gasteiger partial charge in [-0.3, -0.25) is 4.79 Å². The van der Waals surface area contributed by atoms with E-state index in [1.807, 2.05) is 53.9 Å². The molecule has 0 aliphatic heterocycles. The summed E-state index contributed by atoms with van der Waals surface area (Å²) in [5, 5.41) is 13.1. The van der Waals surface area contributed by atoms with E-state index in [4.69, 9.17) is 4.98 Å². The minimum atomic E-state index is -1.99. The standard InChI is InChI=1S/C23H23GeN2.C11H20O2.Ir/c1-15-11-16(2)13-17(12-15)22-20-14-26-23-19(18(20)9-10-25-22)7-6-8-21(23)24(3,4)5;1-10(2,3)8(12)7-9(13)11(4,5)6;/h6-12,14H,1-5H3;7,12H,1-6H3;/q-1;;/b;8-7-;. The first-order chi connectivity index (χ1) is 17.9. The first-order valence-corrected chi connectivity index (χ1v) is 20.9. The maximum atomic E-state index is 11.5. The zero-order valence-corrected chi connectivity index (χ0v) is 30.3. The first kappa shape index (κ1) is 33.9. The van der Waals surface area contributed by atoms with Gasteiger partial charge >= 0.3 is 158 Å². The van der Waals surface area contributed by atoms with Crippen molar-refractivity contribution in [3.05, 3.63) is 77.8 Å². The van der Waals surface area contributed by atoms with Crippen LogP contribution in [0.25, 0.3) is 32.9 Å². The fraction of sp³-hybridized carbons (Fsp3) is 0.382. The number of hydrogen-bond acceptors (Lipinski definition) is 4. The fourth-order valence-corrected chi connectivity index (χ4v) is 7.43. The Bertz CT molecular complexity index is 1530. The largest absolute Gasteiger partial charge is 0 e. The molecule has 1 N–H and O–H groups in total. The van der Waals surface area contributed by atoms with Gasteiger partial charge in [0.1, 0.15) is 5.76 Å². The van der Waals surface area contributed by atoms with E-state index >= 15 is 0 Å². The van der Waals surface area contributed by atoms with E-state index in [0.717, 1.165) is 27.7 Å². The van der Waals surface area contributed by atoms with Crippen molar-refractivity contribution < 1.29 is 30.0 Å². The monoisotopic (exact) mass is 778 g/mol. The normalized spacial score (nSPS) is 12.5. The van der Waals surface area contributed by atoms with Crippen LogP contribution in [0.2, 0.25) is 17.3 Å². The molecule has 0 fully saturated rings. The Hall–Kier alpha value is -2.34. The van der Waals surface area contributed by atoms with E-state index in [2.05, 4.69) is 78.6 Å². The Labute approximate surface area is 256 Å². The smallest absolute Gasteiger partial charge is 0 e. The molecular weight excluding hydrogens is 733 g/mol. The van der Waals surface area contributed by atoms with E-state index in [1.165, 1.54) is 26.8 Å². The van der Waals surface area contributed by atoms with Gasteiger partial charge in [0.15, 0.2) is 5.78 Å². The Balaban J connectivity index is 0.000000344. The summed E-state index contributed by atoms with van der Waals surface area (Å²) in [4.78, 5) is 21.1. The molecule has 6 heteroatoms. The summed E-state index contributed by atoms with van der Waals surface area (Å²) in [5.41, 5.74) is 4.77. The maximum absolute atomic E-state index is 11.5. The van der Waals surface area contributed by atoms with Crippen molar-refractivity contribution in [1.29, 1.82) is 0 Å². The number of aliphatic hydroxyl groups is 1. The molecule has 2 aromatic heterocycles. The second-order valence-corrected chi connectivity index (χ2v) is 24.1. The molecule has 0 spiro atoms. The minimum Gasteiger partial charge on any atom is 0 e. The number of benzene rings is 2. The molecule has 0 aliphatic carbocycles. The second kappa shape index (κ2) is 12.7. The number of allylic oxidation sites excluding steroid dienone is 2. The van der Waals surface area contributed by atoms with Gasteiger partial charge in [0.05, 0.1) is 0 Å². The van der Waals surface area contributed by atoms with Crippen molar-refractivity contribution in [2.45, 2.75) is 72.7 Å². The van der Waals surface area contributed by atoms with Crippen LogP contribution in [0.15, 0.2) is 60.6 Å². The van der Waals surface area contributed by atoms with Crippen molar-refractivity contribution in [2.75, 3.05) is 0 Å². The molecule has 40 heavy (non-hydrogen) atoms. The molecule has 2 heterocycles. The molecule has 1 radical (unpaired) electrons. The zero-order valence-electron chi connectivity index (χ0n) is 25.8. The molecule has 0 unspecified atom stereocenters. The van der Waals surface area contributed by atoms with E-state index in [9.17, 15) is 9.90 Å². The summed E-state index contributed by atoms with van der Waals surface area (Å²) in [6, 6.07) is 16.5. The SMILES string of the molecule is CC(C)(C)C(=O)/C=C(\O)C(C)(C)C.Cc1[c-]c(-c2nccc3c2cnc2[c]([Ge]([CH3])([CH3])[CH3])cccc23)cc(C)c1.[Ir]. The van der Waals surface area contributed by atoms with Crippen molar-refractivity contribution in [2.24, 2.45) is 10.8 Å². The molecular formula is C34H43GeIrN2O2-. The third-order valence-electron chi connectivity index (χ3n) is 6.63. The van der Waals surface area contributed by atoms with Crippen LogP contribution in [-0.4, -0.2) is 34.1 Å². The summed E-state index contributed by atoms with van der Waals surface area (Å²) in [7, 11) is 0. The molecule has 0 atom stereocenters. The summed E-state index contributed by atoms with van der Waals surface area (Å²) in [6.45, 7) is 15.3. The number of fused-ring (bicyclic) bond motifs is 3. The summed E-state index contributed by atoms with van der Waals surface area (Å²) in [5.74, 6) is 7.36. The summed E-state index contributed by atoms with van der Waals surface area (Å²) < 4.78 is 1.46. The average molecular weight is 777 g/mol. The Kier molecular flexibility index (Phi) is 10.7. The number of rotatable bonds is 3. The van der Waals surface area contributed by atoms with Crippen LogP contribution >= 0.6 is 0 Å². The number of nitrogens with zero attached hydrogens (tertiary/aromatic N) is 2. The van der Waals surface area contributed by atoms with Crippen LogP contribution < -0.4 is 4.40 Å². The van der Waals surface area contributed by atoms with Gasteiger partial charge in [-0.1, -0.05) is 41.5 Å². The Morgan fingerprint density at radius 1 is 0.900 bits per heavy atom. The van der Waals surface area contributed by atoms with E-state index in [1.54, 1.807) is 0 Å². The number of aromatic nitrogens is 2. The maximum Gasteiger partial charge on any atom is 0 e. The predicted octanol–water partition coefficient (Wildman–Crippen LogP) is 8.50. The van der Waals surface area contributed by atoms with Crippen LogP contribution in [-0.2, 0) is 24.9 Å².